The van der Waals surface area contributed by atoms with Gasteiger partial charge in [-0.3, -0.25) is 14.5 Å². The van der Waals surface area contributed by atoms with E-state index in [9.17, 15) is 14.0 Å². The zero-order valence-corrected chi connectivity index (χ0v) is 21.1. The molecule has 0 saturated carbocycles. The number of piperazine rings is 1. The van der Waals surface area contributed by atoms with Crippen molar-refractivity contribution < 1.29 is 18.7 Å². The van der Waals surface area contributed by atoms with Crippen molar-refractivity contribution in [3.8, 4) is 5.75 Å². The predicted octanol–water partition coefficient (Wildman–Crippen LogP) is 4.62. The van der Waals surface area contributed by atoms with Crippen molar-refractivity contribution in [2.24, 2.45) is 0 Å². The van der Waals surface area contributed by atoms with Crippen LogP contribution in [0.15, 0.2) is 79.5 Å². The minimum Gasteiger partial charge on any atom is -0.483 e. The van der Waals surface area contributed by atoms with Crippen LogP contribution in [0.3, 0.4) is 0 Å². The zero-order valence-electron chi connectivity index (χ0n) is 21.1. The third-order valence-corrected chi connectivity index (χ3v) is 6.44. The maximum atomic E-state index is 14.4. The number of pyridine rings is 1. The lowest BCUT2D eigenvalue weighted by atomic mass is 10.0. The second kappa shape index (κ2) is 11.8. The molecular formula is C29H31FN4O3. The van der Waals surface area contributed by atoms with E-state index < -0.39 is 6.10 Å². The van der Waals surface area contributed by atoms with Gasteiger partial charge >= 0.3 is 0 Å². The molecule has 0 radical (unpaired) electrons. The highest BCUT2D eigenvalue weighted by molar-refractivity contribution is 6.02. The number of carbonyl (C=O) groups excluding carboxylic acids is 2. The maximum Gasteiger partial charge on any atom is 0.274 e. The molecule has 4 rings (SSSR count). The molecule has 0 aliphatic carbocycles. The first kappa shape index (κ1) is 26.0. The number of hydrogen-bond donors (Lipinski definition) is 1. The number of aromatic nitrogens is 1. The van der Waals surface area contributed by atoms with E-state index in [1.807, 2.05) is 31.2 Å². The Balaban J connectivity index is 1.48. The third kappa shape index (κ3) is 6.59. The van der Waals surface area contributed by atoms with Crippen LogP contribution >= 0.6 is 0 Å². The lowest BCUT2D eigenvalue weighted by molar-refractivity contribution is -0.130. The molecule has 1 aliphatic rings. The number of carbonyl (C=O) groups is 2. The Labute approximate surface area is 216 Å². The number of aryl methyl sites for hydroxylation is 1. The summed E-state index contributed by atoms with van der Waals surface area (Å²) < 4.78 is 20.7. The minimum absolute atomic E-state index is 0.0127. The lowest BCUT2D eigenvalue weighted by Crippen LogP contribution is -2.54. The maximum absolute atomic E-state index is 14.4. The normalized spacial score (nSPS) is 16.6. The van der Waals surface area contributed by atoms with Crippen LogP contribution in [-0.2, 0) is 4.79 Å². The van der Waals surface area contributed by atoms with Crippen LogP contribution in [0, 0.1) is 12.7 Å². The highest BCUT2D eigenvalue weighted by Gasteiger charge is 2.28. The molecule has 2 heterocycles. The average Bonchev–Trinajstić information content (AvgIpc) is 2.90. The summed E-state index contributed by atoms with van der Waals surface area (Å²) in [7, 11) is 0. The van der Waals surface area contributed by atoms with Crippen molar-refractivity contribution in [2.75, 3.05) is 31.5 Å². The summed E-state index contributed by atoms with van der Waals surface area (Å²) in [4.78, 5) is 32.9. The average molecular weight is 503 g/mol. The van der Waals surface area contributed by atoms with Gasteiger partial charge in [0.2, 0.25) is 5.91 Å². The molecule has 1 aromatic heterocycles. The van der Waals surface area contributed by atoms with Crippen LogP contribution in [-0.4, -0.2) is 58.8 Å². The fourth-order valence-electron chi connectivity index (χ4n) is 4.36. The van der Waals surface area contributed by atoms with Gasteiger partial charge in [0.25, 0.3) is 5.91 Å². The van der Waals surface area contributed by atoms with Gasteiger partial charge in [0.05, 0.1) is 6.20 Å². The summed E-state index contributed by atoms with van der Waals surface area (Å²) in [5.41, 5.74) is 2.19. The van der Waals surface area contributed by atoms with E-state index >= 15 is 0 Å². The fraction of sp³-hybridized carbons (Fsp3) is 0.276. The van der Waals surface area contributed by atoms with Crippen LogP contribution < -0.4 is 10.1 Å². The molecule has 3 aromatic rings. The Hall–Kier alpha value is -4.04. The van der Waals surface area contributed by atoms with Gasteiger partial charge in [-0.05, 0) is 61.4 Å². The number of anilines is 1. The largest absolute Gasteiger partial charge is 0.483 e. The van der Waals surface area contributed by atoms with Crippen LogP contribution in [0.2, 0.25) is 0 Å². The van der Waals surface area contributed by atoms with E-state index in [1.54, 1.807) is 42.2 Å². The van der Waals surface area contributed by atoms with Crippen LogP contribution in [0.5, 0.6) is 5.75 Å². The summed E-state index contributed by atoms with van der Waals surface area (Å²) in [6.45, 7) is 9.70. The molecule has 0 unspecified atom stereocenters. The van der Waals surface area contributed by atoms with Crippen molar-refractivity contribution >= 4 is 17.5 Å². The quantitative estimate of drug-likeness (QED) is 0.455. The Morgan fingerprint density at radius 2 is 1.97 bits per heavy atom. The first-order valence-corrected chi connectivity index (χ1v) is 12.2. The van der Waals surface area contributed by atoms with Gasteiger partial charge in [0.1, 0.15) is 23.4 Å². The van der Waals surface area contributed by atoms with Gasteiger partial charge in [0, 0.05) is 37.9 Å². The summed E-state index contributed by atoms with van der Waals surface area (Å²) in [5, 5.41) is 2.81. The molecule has 0 spiro atoms. The Bertz CT molecular complexity index is 1250. The molecule has 1 fully saturated rings. The van der Waals surface area contributed by atoms with Gasteiger partial charge in [-0.2, -0.15) is 0 Å². The van der Waals surface area contributed by atoms with Crippen LogP contribution in [0.1, 0.15) is 34.6 Å². The minimum atomic E-state index is -0.477. The number of para-hydroxylation sites is 1. The number of benzene rings is 2. The van der Waals surface area contributed by atoms with Gasteiger partial charge in [-0.15, -0.1) is 0 Å². The highest BCUT2D eigenvalue weighted by Crippen LogP contribution is 2.26. The van der Waals surface area contributed by atoms with Gasteiger partial charge in [-0.1, -0.05) is 36.9 Å². The first-order chi connectivity index (χ1) is 17.8. The standard InChI is InChI=1S/C29H31FN4O3/c1-4-28(35)34-15-14-33(18-21(34)3)19-27(22-11-10-20(2)25(30)16-22)37-24-12-13-26(31-17-24)29(36)32-23-8-6-5-7-9-23/h4-13,16-17,21,27H,1,14-15,18-19H2,2-3H3,(H,32,36)/t21-,27+/m1/s1. The van der Waals surface area contributed by atoms with E-state index in [1.165, 1.54) is 18.3 Å². The number of hydrogen-bond acceptors (Lipinski definition) is 5. The molecule has 37 heavy (non-hydrogen) atoms. The van der Waals surface area contributed by atoms with Gasteiger partial charge < -0.3 is 15.0 Å². The molecule has 2 aromatic carbocycles. The third-order valence-electron chi connectivity index (χ3n) is 6.44. The van der Waals surface area contributed by atoms with E-state index in [0.29, 0.717) is 48.7 Å². The Morgan fingerprint density at radius 1 is 1.19 bits per heavy atom. The Morgan fingerprint density at radius 3 is 2.62 bits per heavy atom. The SMILES string of the molecule is C=CC(=O)N1CCN(C[C@H](Oc2ccc(C(=O)Nc3ccccc3)nc2)c2ccc(C)c(F)c2)C[C@H]1C. The van der Waals surface area contributed by atoms with Crippen molar-refractivity contribution in [3.05, 3.63) is 102 Å². The summed E-state index contributed by atoms with van der Waals surface area (Å²) in [6.07, 6.45) is 2.36. The monoisotopic (exact) mass is 502 g/mol. The molecule has 1 aliphatic heterocycles. The van der Waals surface area contributed by atoms with E-state index in [4.69, 9.17) is 4.74 Å². The highest BCUT2D eigenvalue weighted by atomic mass is 19.1. The van der Waals surface area contributed by atoms with Crippen molar-refractivity contribution in [2.45, 2.75) is 26.0 Å². The fourth-order valence-corrected chi connectivity index (χ4v) is 4.36. The van der Waals surface area contributed by atoms with Crippen molar-refractivity contribution in [3.63, 3.8) is 0 Å². The molecule has 1 saturated heterocycles. The molecule has 1 N–H and O–H groups in total. The smallest absolute Gasteiger partial charge is 0.274 e. The molecule has 8 heteroatoms. The Kier molecular flexibility index (Phi) is 8.30. The lowest BCUT2D eigenvalue weighted by Gasteiger charge is -2.40. The topological polar surface area (TPSA) is 74.8 Å². The molecule has 2 amide bonds. The predicted molar refractivity (Wildman–Crippen MR) is 141 cm³/mol. The molecule has 7 nitrogen and oxygen atoms in total. The number of rotatable bonds is 8. The summed E-state index contributed by atoms with van der Waals surface area (Å²) in [6, 6.07) is 17.5. The second-order valence-corrected chi connectivity index (χ2v) is 9.16. The number of ether oxygens (including phenoxy) is 1. The van der Waals surface area contributed by atoms with Crippen molar-refractivity contribution in [1.29, 1.82) is 0 Å². The van der Waals surface area contributed by atoms with Crippen LogP contribution in [0.4, 0.5) is 10.1 Å². The summed E-state index contributed by atoms with van der Waals surface area (Å²) in [5.74, 6) is -0.235. The molecular weight excluding hydrogens is 471 g/mol. The van der Waals surface area contributed by atoms with E-state index in [2.05, 4.69) is 21.8 Å². The van der Waals surface area contributed by atoms with E-state index in [-0.39, 0.29) is 29.4 Å². The number of nitrogens with zero attached hydrogens (tertiary/aromatic N) is 3. The van der Waals surface area contributed by atoms with Crippen LogP contribution in [0.25, 0.3) is 0 Å². The first-order valence-electron chi connectivity index (χ1n) is 12.2. The second-order valence-electron chi connectivity index (χ2n) is 9.16. The molecule has 0 bridgehead atoms. The molecule has 2 atom stereocenters. The summed E-state index contributed by atoms with van der Waals surface area (Å²) >= 11 is 0. The number of amides is 2. The van der Waals surface area contributed by atoms with Gasteiger partial charge in [0.15, 0.2) is 0 Å². The molecule has 192 valence electrons. The number of nitrogens with one attached hydrogen (secondary N) is 1. The van der Waals surface area contributed by atoms with Crippen molar-refractivity contribution in [1.82, 2.24) is 14.8 Å². The zero-order chi connectivity index (χ0) is 26.4. The van der Waals surface area contributed by atoms with E-state index in [0.717, 1.165) is 0 Å². The number of halogens is 1. The van der Waals surface area contributed by atoms with Gasteiger partial charge in [-0.25, -0.2) is 9.37 Å².